The van der Waals surface area contributed by atoms with Gasteiger partial charge in [0.25, 0.3) is 0 Å². The molecule has 3 heterocycles. The number of anilines is 1. The number of morpholine rings is 2. The second kappa shape index (κ2) is 11.5. The standard InChI is InChI=1S/C23H30N4O3S/c1-19-3-2-4-20(15-19)18-24-31-23-17-21(27-8-12-29-13-9-27)16-22(25-23)30-14-7-26-5-10-28-11-6-26/h2-4,15-18H,5-14H2,1H3/b24-18+. The summed E-state index contributed by atoms with van der Waals surface area (Å²) >= 11 is 1.37. The number of aryl methyl sites for hydroxylation is 1. The van der Waals surface area contributed by atoms with E-state index in [1.165, 1.54) is 17.5 Å². The second-order valence-corrected chi connectivity index (χ2v) is 8.46. The van der Waals surface area contributed by atoms with Crippen molar-refractivity contribution in [2.45, 2.75) is 11.9 Å². The van der Waals surface area contributed by atoms with Crippen molar-refractivity contribution in [3.63, 3.8) is 0 Å². The zero-order valence-electron chi connectivity index (χ0n) is 18.0. The number of rotatable bonds is 8. The highest BCUT2D eigenvalue weighted by Crippen LogP contribution is 2.28. The highest BCUT2D eigenvalue weighted by atomic mass is 32.2. The summed E-state index contributed by atoms with van der Waals surface area (Å²) in [4.78, 5) is 9.36. The van der Waals surface area contributed by atoms with Gasteiger partial charge in [-0.3, -0.25) is 4.90 Å². The van der Waals surface area contributed by atoms with Crippen molar-refractivity contribution in [3.8, 4) is 5.88 Å². The zero-order valence-corrected chi connectivity index (χ0v) is 18.9. The Hall–Kier alpha value is -2.13. The van der Waals surface area contributed by atoms with Crippen LogP contribution >= 0.6 is 11.9 Å². The molecular weight excluding hydrogens is 412 g/mol. The van der Waals surface area contributed by atoms with Gasteiger partial charge >= 0.3 is 0 Å². The molecule has 0 N–H and O–H groups in total. The minimum absolute atomic E-state index is 0.607. The molecule has 2 aromatic rings. The maximum Gasteiger partial charge on any atom is 0.216 e. The molecule has 1 aromatic heterocycles. The van der Waals surface area contributed by atoms with Crippen LogP contribution in [-0.2, 0) is 9.47 Å². The van der Waals surface area contributed by atoms with Gasteiger partial charge in [0, 0.05) is 62.6 Å². The molecule has 2 fully saturated rings. The second-order valence-electron chi connectivity index (χ2n) is 7.64. The number of hydrogen-bond acceptors (Lipinski definition) is 8. The van der Waals surface area contributed by atoms with E-state index in [9.17, 15) is 0 Å². The Bertz CT molecular complexity index is 868. The summed E-state index contributed by atoms with van der Waals surface area (Å²) < 4.78 is 21.5. The van der Waals surface area contributed by atoms with Gasteiger partial charge in [0.05, 0.1) is 26.4 Å². The van der Waals surface area contributed by atoms with E-state index in [2.05, 4.69) is 50.4 Å². The predicted octanol–water partition coefficient (Wildman–Crippen LogP) is 3.06. The molecule has 31 heavy (non-hydrogen) atoms. The number of pyridine rings is 1. The molecule has 2 saturated heterocycles. The Balaban J connectivity index is 1.43. The third-order valence-electron chi connectivity index (χ3n) is 5.29. The molecule has 0 saturated carbocycles. The van der Waals surface area contributed by atoms with E-state index in [1.807, 2.05) is 18.3 Å². The maximum absolute atomic E-state index is 6.04. The molecule has 2 aliphatic heterocycles. The van der Waals surface area contributed by atoms with Crippen LogP contribution in [0.2, 0.25) is 0 Å². The van der Waals surface area contributed by atoms with E-state index in [-0.39, 0.29) is 0 Å². The van der Waals surface area contributed by atoms with Crippen molar-refractivity contribution in [2.24, 2.45) is 4.40 Å². The molecule has 0 unspecified atom stereocenters. The van der Waals surface area contributed by atoms with Crippen molar-refractivity contribution in [1.29, 1.82) is 0 Å². The average molecular weight is 443 g/mol. The van der Waals surface area contributed by atoms with Crippen molar-refractivity contribution < 1.29 is 14.2 Å². The van der Waals surface area contributed by atoms with Gasteiger partial charge < -0.3 is 19.1 Å². The van der Waals surface area contributed by atoms with Crippen molar-refractivity contribution in [1.82, 2.24) is 9.88 Å². The fourth-order valence-corrected chi connectivity index (χ4v) is 4.18. The number of ether oxygens (including phenoxy) is 3. The third-order valence-corrected chi connectivity index (χ3v) is 5.90. The number of benzene rings is 1. The lowest BCUT2D eigenvalue weighted by Gasteiger charge is -2.29. The number of hydrogen-bond donors (Lipinski definition) is 0. The monoisotopic (exact) mass is 442 g/mol. The van der Waals surface area contributed by atoms with Crippen molar-refractivity contribution in [2.75, 3.05) is 70.7 Å². The van der Waals surface area contributed by atoms with Crippen LogP contribution in [0, 0.1) is 6.92 Å². The lowest BCUT2D eigenvalue weighted by atomic mass is 10.2. The molecule has 2 aliphatic rings. The summed E-state index contributed by atoms with van der Waals surface area (Å²) in [6.07, 6.45) is 1.87. The molecule has 4 rings (SSSR count). The lowest BCUT2D eigenvalue weighted by molar-refractivity contribution is 0.0319. The fourth-order valence-electron chi connectivity index (χ4n) is 3.59. The molecule has 7 nitrogen and oxygen atoms in total. The molecule has 0 aliphatic carbocycles. The van der Waals surface area contributed by atoms with E-state index in [0.717, 1.165) is 75.4 Å². The van der Waals surface area contributed by atoms with Crippen LogP contribution in [0.5, 0.6) is 5.88 Å². The van der Waals surface area contributed by atoms with Crippen LogP contribution in [0.15, 0.2) is 45.8 Å². The summed E-state index contributed by atoms with van der Waals surface area (Å²) in [5, 5.41) is 0.828. The van der Waals surface area contributed by atoms with Crippen LogP contribution in [-0.4, -0.2) is 81.9 Å². The highest BCUT2D eigenvalue weighted by molar-refractivity contribution is 7.98. The SMILES string of the molecule is Cc1cccc(/C=N/Sc2cc(N3CCOCC3)cc(OCCN3CCOCC3)n2)c1. The van der Waals surface area contributed by atoms with E-state index in [1.54, 1.807) is 0 Å². The fraction of sp³-hybridized carbons (Fsp3) is 0.478. The van der Waals surface area contributed by atoms with Crippen LogP contribution in [0.25, 0.3) is 0 Å². The first-order valence-electron chi connectivity index (χ1n) is 10.8. The van der Waals surface area contributed by atoms with Gasteiger partial charge in [-0.25, -0.2) is 9.38 Å². The topological polar surface area (TPSA) is 59.4 Å². The summed E-state index contributed by atoms with van der Waals surface area (Å²) in [5.74, 6) is 0.644. The summed E-state index contributed by atoms with van der Waals surface area (Å²) in [6.45, 7) is 10.3. The van der Waals surface area contributed by atoms with Crippen LogP contribution in [0.4, 0.5) is 5.69 Å². The van der Waals surface area contributed by atoms with Crippen LogP contribution in [0.3, 0.4) is 0 Å². The van der Waals surface area contributed by atoms with Gasteiger partial charge in [0.1, 0.15) is 11.6 Å². The molecule has 0 radical (unpaired) electrons. The van der Waals surface area contributed by atoms with E-state index >= 15 is 0 Å². The third kappa shape index (κ3) is 6.93. The van der Waals surface area contributed by atoms with Gasteiger partial charge in [0.2, 0.25) is 5.88 Å². The zero-order chi connectivity index (χ0) is 21.3. The van der Waals surface area contributed by atoms with E-state index < -0.39 is 0 Å². The maximum atomic E-state index is 6.04. The Labute approximate surface area is 188 Å². The molecule has 166 valence electrons. The highest BCUT2D eigenvalue weighted by Gasteiger charge is 2.15. The summed E-state index contributed by atoms with van der Waals surface area (Å²) in [6, 6.07) is 12.4. The average Bonchev–Trinajstić information content (AvgIpc) is 2.80. The van der Waals surface area contributed by atoms with Gasteiger partial charge in [-0.2, -0.15) is 0 Å². The van der Waals surface area contributed by atoms with Crippen LogP contribution in [0.1, 0.15) is 11.1 Å². The molecule has 0 bridgehead atoms. The van der Waals surface area contributed by atoms with E-state index in [4.69, 9.17) is 14.2 Å². The smallest absolute Gasteiger partial charge is 0.216 e. The molecule has 8 heteroatoms. The summed E-state index contributed by atoms with van der Waals surface area (Å²) in [5.41, 5.74) is 3.41. The largest absolute Gasteiger partial charge is 0.476 e. The van der Waals surface area contributed by atoms with Crippen LogP contribution < -0.4 is 9.64 Å². The van der Waals surface area contributed by atoms with Crippen molar-refractivity contribution in [3.05, 3.63) is 47.5 Å². The molecule has 0 amide bonds. The Morgan fingerprint density at radius 3 is 2.61 bits per heavy atom. The quantitative estimate of drug-likeness (QED) is 0.460. The predicted molar refractivity (Wildman–Crippen MR) is 125 cm³/mol. The lowest BCUT2D eigenvalue weighted by Crippen LogP contribution is -2.38. The Morgan fingerprint density at radius 1 is 1.06 bits per heavy atom. The molecular formula is C23H30N4O3S. The first-order valence-corrected chi connectivity index (χ1v) is 11.6. The Kier molecular flexibility index (Phi) is 8.17. The minimum atomic E-state index is 0.607. The van der Waals surface area contributed by atoms with Gasteiger partial charge in [-0.1, -0.05) is 29.8 Å². The number of aromatic nitrogens is 1. The van der Waals surface area contributed by atoms with Gasteiger partial charge in [-0.15, -0.1) is 0 Å². The molecule has 0 spiro atoms. The summed E-state index contributed by atoms with van der Waals surface area (Å²) in [7, 11) is 0. The molecule has 0 atom stereocenters. The first-order chi connectivity index (χ1) is 15.3. The van der Waals surface area contributed by atoms with Gasteiger partial charge in [-0.05, 0) is 18.6 Å². The van der Waals surface area contributed by atoms with E-state index in [0.29, 0.717) is 12.5 Å². The Morgan fingerprint density at radius 2 is 1.84 bits per heavy atom. The van der Waals surface area contributed by atoms with Gasteiger partial charge in [0.15, 0.2) is 0 Å². The number of nitrogens with zero attached hydrogens (tertiary/aromatic N) is 4. The molecule has 1 aromatic carbocycles. The normalized spacial score (nSPS) is 17.9. The minimum Gasteiger partial charge on any atom is -0.476 e. The van der Waals surface area contributed by atoms with Crippen molar-refractivity contribution >= 4 is 23.8 Å². The first kappa shape index (κ1) is 22.1.